The van der Waals surface area contributed by atoms with Gasteiger partial charge >= 0.3 is 0 Å². The minimum Gasteiger partial charge on any atom is -0.359 e. The third-order valence-electron chi connectivity index (χ3n) is 3.20. The monoisotopic (exact) mass is 492 g/mol. The van der Waals surface area contributed by atoms with Gasteiger partial charge in [0.15, 0.2) is 11.7 Å². The number of halogens is 2. The molecule has 1 heterocycles. The molecule has 126 valence electrons. The summed E-state index contributed by atoms with van der Waals surface area (Å²) < 4.78 is 6.37. The molecule has 1 aromatic carbocycles. The molecule has 0 amide bonds. The van der Waals surface area contributed by atoms with Gasteiger partial charge in [-0.15, -0.1) is 24.0 Å². The Morgan fingerprint density at radius 1 is 1.22 bits per heavy atom. The molecule has 2 aromatic rings. The van der Waals surface area contributed by atoms with E-state index in [0.29, 0.717) is 19.0 Å². The van der Waals surface area contributed by atoms with Crippen molar-refractivity contribution in [3.8, 4) is 0 Å². The first-order chi connectivity index (χ1) is 10.6. The number of hydrogen-bond acceptors (Lipinski definition) is 3. The molecular weight excluding hydrogens is 471 g/mol. The predicted molar refractivity (Wildman–Crippen MR) is 107 cm³/mol. The first-order valence-electron chi connectivity index (χ1n) is 7.23. The second-order valence-corrected chi connectivity index (χ2v) is 6.19. The summed E-state index contributed by atoms with van der Waals surface area (Å²) in [4.78, 5) is 4.20. The lowest BCUT2D eigenvalue weighted by Crippen LogP contribution is -2.36. The van der Waals surface area contributed by atoms with Crippen LogP contribution in [0.2, 0.25) is 0 Å². The lowest BCUT2D eigenvalue weighted by atomic mass is 10.1. The van der Waals surface area contributed by atoms with E-state index in [1.54, 1.807) is 7.05 Å². The minimum absolute atomic E-state index is 0. The van der Waals surface area contributed by atoms with Gasteiger partial charge in [-0.3, -0.25) is 4.99 Å². The summed E-state index contributed by atoms with van der Waals surface area (Å²) in [5.74, 6) is 1.90. The van der Waals surface area contributed by atoms with Crippen LogP contribution in [0.25, 0.3) is 0 Å². The molecule has 0 radical (unpaired) electrons. The van der Waals surface area contributed by atoms with Gasteiger partial charge in [-0.2, -0.15) is 0 Å². The summed E-state index contributed by atoms with van der Waals surface area (Å²) in [6.45, 7) is 5.45. The zero-order valence-corrected chi connectivity index (χ0v) is 17.4. The number of guanidine groups is 1. The van der Waals surface area contributed by atoms with Gasteiger partial charge in [-0.05, 0) is 23.6 Å². The largest absolute Gasteiger partial charge is 0.359 e. The first kappa shape index (κ1) is 20.0. The highest BCUT2D eigenvalue weighted by molar-refractivity contribution is 14.0. The fourth-order valence-electron chi connectivity index (χ4n) is 1.86. The van der Waals surface area contributed by atoms with Crippen LogP contribution < -0.4 is 10.6 Å². The molecule has 23 heavy (non-hydrogen) atoms. The quantitative estimate of drug-likeness (QED) is 0.375. The second kappa shape index (κ2) is 9.92. The Morgan fingerprint density at radius 3 is 2.43 bits per heavy atom. The Bertz CT molecular complexity index is 625. The SMILES string of the molecule is CN=C(NCc1ccc(Br)cc1)NCc1cc(C(C)C)no1.I. The smallest absolute Gasteiger partial charge is 0.191 e. The Kier molecular flexibility index (Phi) is 8.60. The number of nitrogens with zero attached hydrogens (tertiary/aromatic N) is 2. The van der Waals surface area contributed by atoms with Crippen molar-refractivity contribution in [1.82, 2.24) is 15.8 Å². The lowest BCUT2D eigenvalue weighted by Gasteiger charge is -2.10. The average molecular weight is 493 g/mol. The summed E-state index contributed by atoms with van der Waals surface area (Å²) in [7, 11) is 1.75. The fourth-order valence-corrected chi connectivity index (χ4v) is 2.13. The summed E-state index contributed by atoms with van der Waals surface area (Å²) in [6, 6.07) is 10.1. The summed E-state index contributed by atoms with van der Waals surface area (Å²) in [6.07, 6.45) is 0. The Hall–Kier alpha value is -1.09. The van der Waals surface area contributed by atoms with Crippen LogP contribution in [0.5, 0.6) is 0 Å². The summed E-state index contributed by atoms with van der Waals surface area (Å²) >= 11 is 3.43. The van der Waals surface area contributed by atoms with Crippen LogP contribution in [0.4, 0.5) is 0 Å². The molecule has 0 spiro atoms. The van der Waals surface area contributed by atoms with Crippen LogP contribution in [0, 0.1) is 0 Å². The van der Waals surface area contributed by atoms with Gasteiger partial charge in [0, 0.05) is 24.1 Å². The van der Waals surface area contributed by atoms with Crippen LogP contribution in [-0.4, -0.2) is 18.2 Å². The molecule has 0 aliphatic carbocycles. The lowest BCUT2D eigenvalue weighted by molar-refractivity contribution is 0.372. The molecule has 0 aliphatic heterocycles. The molecule has 0 atom stereocenters. The molecule has 0 unspecified atom stereocenters. The van der Waals surface area contributed by atoms with E-state index in [1.807, 2.05) is 18.2 Å². The number of aromatic nitrogens is 1. The third kappa shape index (κ3) is 6.50. The molecule has 0 saturated heterocycles. The predicted octanol–water partition coefficient (Wildman–Crippen LogP) is 4.04. The maximum atomic E-state index is 5.30. The van der Waals surface area contributed by atoms with Gasteiger partial charge < -0.3 is 15.2 Å². The highest BCUT2D eigenvalue weighted by Gasteiger charge is 2.08. The molecule has 7 heteroatoms. The van der Waals surface area contributed by atoms with E-state index in [9.17, 15) is 0 Å². The zero-order valence-electron chi connectivity index (χ0n) is 13.5. The average Bonchev–Trinajstić information content (AvgIpc) is 2.98. The van der Waals surface area contributed by atoms with Crippen molar-refractivity contribution in [2.75, 3.05) is 7.05 Å². The molecular formula is C16H22BrIN4O. The zero-order chi connectivity index (χ0) is 15.9. The van der Waals surface area contributed by atoms with Crippen LogP contribution in [0.3, 0.4) is 0 Å². The number of rotatable bonds is 5. The van der Waals surface area contributed by atoms with Gasteiger partial charge in [0.2, 0.25) is 0 Å². The van der Waals surface area contributed by atoms with E-state index in [1.165, 1.54) is 5.56 Å². The van der Waals surface area contributed by atoms with Crippen molar-refractivity contribution < 1.29 is 4.52 Å². The van der Waals surface area contributed by atoms with Crippen molar-refractivity contribution in [3.63, 3.8) is 0 Å². The number of nitrogens with one attached hydrogen (secondary N) is 2. The van der Waals surface area contributed by atoms with Gasteiger partial charge in [0.1, 0.15) is 0 Å². The van der Waals surface area contributed by atoms with Crippen LogP contribution >= 0.6 is 39.9 Å². The van der Waals surface area contributed by atoms with Crippen molar-refractivity contribution in [3.05, 3.63) is 51.8 Å². The summed E-state index contributed by atoms with van der Waals surface area (Å²) in [5.41, 5.74) is 2.16. The highest BCUT2D eigenvalue weighted by Crippen LogP contribution is 2.13. The number of hydrogen-bond donors (Lipinski definition) is 2. The molecule has 2 rings (SSSR count). The molecule has 1 aromatic heterocycles. The van der Waals surface area contributed by atoms with Gasteiger partial charge in [0.05, 0.1) is 12.2 Å². The van der Waals surface area contributed by atoms with E-state index >= 15 is 0 Å². The summed E-state index contributed by atoms with van der Waals surface area (Å²) in [5, 5.41) is 10.5. The maximum Gasteiger partial charge on any atom is 0.191 e. The Morgan fingerprint density at radius 2 is 1.87 bits per heavy atom. The molecule has 0 aliphatic rings. The van der Waals surface area contributed by atoms with E-state index in [-0.39, 0.29) is 24.0 Å². The highest BCUT2D eigenvalue weighted by atomic mass is 127. The molecule has 0 saturated carbocycles. The third-order valence-corrected chi connectivity index (χ3v) is 3.72. The Labute approximate surface area is 162 Å². The topological polar surface area (TPSA) is 62.5 Å². The van der Waals surface area contributed by atoms with E-state index in [2.05, 4.69) is 62.7 Å². The van der Waals surface area contributed by atoms with Crippen LogP contribution in [-0.2, 0) is 13.1 Å². The molecule has 0 bridgehead atoms. The number of aliphatic imine (C=N–C) groups is 1. The molecule has 0 fully saturated rings. The fraction of sp³-hybridized carbons (Fsp3) is 0.375. The molecule has 5 nitrogen and oxygen atoms in total. The van der Waals surface area contributed by atoms with Gasteiger partial charge in [-0.1, -0.05) is 47.1 Å². The molecule has 2 N–H and O–H groups in total. The van der Waals surface area contributed by atoms with Crippen molar-refractivity contribution >= 4 is 45.9 Å². The standard InChI is InChI=1S/C16H21BrN4O.HI/c1-11(2)15-8-14(22-21-15)10-20-16(18-3)19-9-12-4-6-13(17)7-5-12;/h4-8,11H,9-10H2,1-3H3,(H2,18,19,20);1H. The first-order valence-corrected chi connectivity index (χ1v) is 8.02. The maximum absolute atomic E-state index is 5.30. The van der Waals surface area contributed by atoms with Crippen molar-refractivity contribution in [1.29, 1.82) is 0 Å². The minimum atomic E-state index is 0. The van der Waals surface area contributed by atoms with Crippen LogP contribution in [0.1, 0.15) is 36.8 Å². The van der Waals surface area contributed by atoms with Crippen LogP contribution in [0.15, 0.2) is 44.3 Å². The van der Waals surface area contributed by atoms with E-state index in [0.717, 1.165) is 21.9 Å². The van der Waals surface area contributed by atoms with Gasteiger partial charge in [-0.25, -0.2) is 0 Å². The normalized spacial score (nSPS) is 11.3. The second-order valence-electron chi connectivity index (χ2n) is 5.28. The Balaban J connectivity index is 0.00000264. The van der Waals surface area contributed by atoms with E-state index in [4.69, 9.17) is 4.52 Å². The van der Waals surface area contributed by atoms with E-state index < -0.39 is 0 Å². The van der Waals surface area contributed by atoms with Crippen molar-refractivity contribution in [2.24, 2.45) is 4.99 Å². The van der Waals surface area contributed by atoms with Crippen molar-refractivity contribution in [2.45, 2.75) is 32.9 Å². The number of benzene rings is 1. The van der Waals surface area contributed by atoms with Gasteiger partial charge in [0.25, 0.3) is 0 Å².